The van der Waals surface area contributed by atoms with Crippen molar-refractivity contribution in [3.05, 3.63) is 82.6 Å². The van der Waals surface area contributed by atoms with E-state index in [0.717, 1.165) is 37.5 Å². The second-order valence-electron chi connectivity index (χ2n) is 6.01. The Bertz CT molecular complexity index is 1010. The number of aromatic nitrogens is 2. The van der Waals surface area contributed by atoms with Crippen molar-refractivity contribution in [3.63, 3.8) is 0 Å². The molecule has 2 nitrogen and oxygen atoms in total. The lowest BCUT2D eigenvalue weighted by atomic mass is 10.1. The average Bonchev–Trinajstić information content (AvgIpc) is 2.63. The van der Waals surface area contributed by atoms with Crippen molar-refractivity contribution in [1.29, 1.82) is 0 Å². The van der Waals surface area contributed by atoms with Crippen LogP contribution in [0.4, 0.5) is 0 Å². The fourth-order valence-electron chi connectivity index (χ4n) is 2.51. The Balaban J connectivity index is 0.000000150. The van der Waals surface area contributed by atoms with Gasteiger partial charge in [0.15, 0.2) is 0 Å². The summed E-state index contributed by atoms with van der Waals surface area (Å²) in [5, 5.41) is 3.59. The topological polar surface area (TPSA) is 25.8 Å². The highest BCUT2D eigenvalue weighted by atomic mass is 35.5. The molecule has 0 amide bonds. The van der Waals surface area contributed by atoms with Crippen molar-refractivity contribution in [2.24, 2.45) is 0 Å². The lowest BCUT2D eigenvalue weighted by Gasteiger charge is -2.07. The Hall–Kier alpha value is -2.16. The lowest BCUT2D eigenvalue weighted by molar-refractivity contribution is 0.830. The minimum absolute atomic E-state index is 0.414. The molecule has 0 N–H and O–H groups in total. The lowest BCUT2D eigenvalue weighted by Crippen LogP contribution is -1.93. The number of rotatable bonds is 1. The van der Waals surface area contributed by atoms with E-state index in [1.807, 2.05) is 54.6 Å². The minimum Gasteiger partial charge on any atom is -0.256 e. The molecular weight excluding hydrogens is 351 g/mol. The first kappa shape index (κ1) is 17.7. The van der Waals surface area contributed by atoms with Gasteiger partial charge in [-0.1, -0.05) is 73.4 Å². The fourth-order valence-corrected chi connectivity index (χ4v) is 3.00. The summed E-state index contributed by atoms with van der Waals surface area (Å²) in [6.45, 7) is 4.24. The third kappa shape index (κ3) is 4.09. The van der Waals surface area contributed by atoms with Gasteiger partial charge < -0.3 is 0 Å². The van der Waals surface area contributed by atoms with Crippen molar-refractivity contribution in [1.82, 2.24) is 9.97 Å². The molecule has 0 unspecified atom stereocenters. The summed E-state index contributed by atoms with van der Waals surface area (Å²) in [6.07, 6.45) is 1.71. The van der Waals surface area contributed by atoms with E-state index in [9.17, 15) is 0 Å². The summed E-state index contributed by atoms with van der Waals surface area (Å²) < 4.78 is 0. The average molecular weight is 369 g/mol. The Morgan fingerprint density at radius 1 is 0.760 bits per heavy atom. The van der Waals surface area contributed by atoms with E-state index in [1.54, 1.807) is 12.3 Å². The smallest absolute Gasteiger partial charge is 0.0720 e. The molecule has 4 heteroatoms. The molecular formula is C21H18Cl2N2. The summed E-state index contributed by atoms with van der Waals surface area (Å²) in [7, 11) is 0. The quantitative estimate of drug-likeness (QED) is 0.365. The number of para-hydroxylation sites is 2. The van der Waals surface area contributed by atoms with Crippen LogP contribution in [0.2, 0.25) is 10.0 Å². The van der Waals surface area contributed by atoms with Crippen LogP contribution in [-0.2, 0) is 0 Å². The molecule has 0 aliphatic rings. The number of nitrogens with zero attached hydrogens (tertiary/aromatic N) is 2. The number of hydrogen-bond acceptors (Lipinski definition) is 2. The van der Waals surface area contributed by atoms with Crippen molar-refractivity contribution in [3.8, 4) is 0 Å². The third-order valence-electron chi connectivity index (χ3n) is 3.87. The van der Waals surface area contributed by atoms with Gasteiger partial charge in [-0.3, -0.25) is 9.97 Å². The highest BCUT2D eigenvalue weighted by Gasteiger charge is 2.05. The first-order valence-corrected chi connectivity index (χ1v) is 8.86. The van der Waals surface area contributed by atoms with Gasteiger partial charge in [-0.25, -0.2) is 0 Å². The van der Waals surface area contributed by atoms with Crippen LogP contribution in [0.5, 0.6) is 0 Å². The van der Waals surface area contributed by atoms with E-state index in [1.165, 1.54) is 0 Å². The second kappa shape index (κ2) is 7.81. The van der Waals surface area contributed by atoms with Crippen LogP contribution in [0.25, 0.3) is 21.8 Å². The zero-order valence-electron chi connectivity index (χ0n) is 14.1. The fraction of sp³-hybridized carbons (Fsp3) is 0.143. The predicted octanol–water partition coefficient (Wildman–Crippen LogP) is 6.90. The van der Waals surface area contributed by atoms with Gasteiger partial charge >= 0.3 is 0 Å². The molecule has 0 aliphatic heterocycles. The minimum atomic E-state index is 0.414. The van der Waals surface area contributed by atoms with Crippen LogP contribution in [-0.4, -0.2) is 9.97 Å². The SMILES string of the molecule is CC(C)c1cc(Cl)c2ccccc2n1.Clc1ccnc2ccccc12. The maximum Gasteiger partial charge on any atom is 0.0720 e. The van der Waals surface area contributed by atoms with E-state index in [-0.39, 0.29) is 0 Å². The van der Waals surface area contributed by atoms with E-state index in [4.69, 9.17) is 23.2 Å². The number of pyridine rings is 2. The highest BCUT2D eigenvalue weighted by molar-refractivity contribution is 6.35. The first-order chi connectivity index (χ1) is 12.1. The summed E-state index contributed by atoms with van der Waals surface area (Å²) in [5.74, 6) is 0.414. The van der Waals surface area contributed by atoms with Crippen molar-refractivity contribution in [2.75, 3.05) is 0 Å². The Morgan fingerprint density at radius 3 is 2.00 bits per heavy atom. The zero-order valence-corrected chi connectivity index (χ0v) is 15.6. The summed E-state index contributed by atoms with van der Waals surface area (Å²) in [6, 6.07) is 19.5. The normalized spacial score (nSPS) is 10.8. The summed E-state index contributed by atoms with van der Waals surface area (Å²) >= 11 is 12.1. The van der Waals surface area contributed by atoms with Crippen LogP contribution >= 0.6 is 23.2 Å². The largest absolute Gasteiger partial charge is 0.256 e. The van der Waals surface area contributed by atoms with Gasteiger partial charge in [0, 0.05) is 22.7 Å². The molecule has 25 heavy (non-hydrogen) atoms. The highest BCUT2D eigenvalue weighted by Crippen LogP contribution is 2.25. The van der Waals surface area contributed by atoms with Gasteiger partial charge in [-0.05, 0) is 30.2 Å². The van der Waals surface area contributed by atoms with Gasteiger partial charge in [0.1, 0.15) is 0 Å². The zero-order chi connectivity index (χ0) is 17.8. The molecule has 0 fully saturated rings. The Labute approximate surface area is 157 Å². The molecule has 0 radical (unpaired) electrons. The second-order valence-corrected chi connectivity index (χ2v) is 6.83. The summed E-state index contributed by atoms with van der Waals surface area (Å²) in [4.78, 5) is 8.71. The molecule has 0 atom stereocenters. The molecule has 0 bridgehead atoms. The predicted molar refractivity (Wildman–Crippen MR) is 108 cm³/mol. The third-order valence-corrected chi connectivity index (χ3v) is 4.52. The van der Waals surface area contributed by atoms with Crippen LogP contribution in [0.15, 0.2) is 66.9 Å². The van der Waals surface area contributed by atoms with Gasteiger partial charge in [0.05, 0.1) is 21.1 Å². The van der Waals surface area contributed by atoms with Crippen molar-refractivity contribution in [2.45, 2.75) is 19.8 Å². The number of hydrogen-bond donors (Lipinski definition) is 0. The molecule has 0 spiro atoms. The summed E-state index contributed by atoms with van der Waals surface area (Å²) in [5.41, 5.74) is 2.97. The molecule has 0 aliphatic carbocycles. The van der Waals surface area contributed by atoms with Crippen LogP contribution in [0.1, 0.15) is 25.5 Å². The number of fused-ring (bicyclic) bond motifs is 2. The van der Waals surface area contributed by atoms with Crippen LogP contribution < -0.4 is 0 Å². The van der Waals surface area contributed by atoms with Crippen molar-refractivity contribution >= 4 is 45.0 Å². The molecule has 2 aromatic carbocycles. The molecule has 2 heterocycles. The number of halogens is 2. The maximum atomic E-state index is 6.17. The van der Waals surface area contributed by atoms with Gasteiger partial charge in [0.2, 0.25) is 0 Å². The van der Waals surface area contributed by atoms with Crippen molar-refractivity contribution < 1.29 is 0 Å². The first-order valence-electron chi connectivity index (χ1n) is 8.10. The maximum absolute atomic E-state index is 6.17. The van der Waals surface area contributed by atoms with Gasteiger partial charge in [-0.2, -0.15) is 0 Å². The van der Waals surface area contributed by atoms with E-state index in [0.29, 0.717) is 5.92 Å². The molecule has 126 valence electrons. The van der Waals surface area contributed by atoms with Gasteiger partial charge in [0.25, 0.3) is 0 Å². The van der Waals surface area contributed by atoms with E-state index >= 15 is 0 Å². The van der Waals surface area contributed by atoms with Gasteiger partial charge in [-0.15, -0.1) is 0 Å². The number of benzene rings is 2. The van der Waals surface area contributed by atoms with Crippen LogP contribution in [0, 0.1) is 0 Å². The van der Waals surface area contributed by atoms with Crippen LogP contribution in [0.3, 0.4) is 0 Å². The van der Waals surface area contributed by atoms with E-state index < -0.39 is 0 Å². The molecule has 4 rings (SSSR count). The Kier molecular flexibility index (Phi) is 5.52. The van der Waals surface area contributed by atoms with E-state index in [2.05, 4.69) is 23.8 Å². The molecule has 2 aromatic heterocycles. The molecule has 4 aromatic rings. The Morgan fingerprint density at radius 2 is 1.36 bits per heavy atom. The monoisotopic (exact) mass is 368 g/mol. The molecule has 0 saturated heterocycles. The molecule has 0 saturated carbocycles. The standard InChI is InChI=1S/C12H12ClN.C9H6ClN/c1-8(2)12-7-10(13)9-5-3-4-6-11(9)14-12;10-8-5-6-11-9-4-2-1-3-7(8)9/h3-8H,1-2H3;1-6H.